The van der Waals surface area contributed by atoms with Gasteiger partial charge in [0.05, 0.1) is 6.54 Å². The van der Waals surface area contributed by atoms with E-state index in [-0.39, 0.29) is 11.3 Å². The highest BCUT2D eigenvalue weighted by Gasteiger charge is 2.59. The normalized spacial score (nSPS) is 21.1. The Bertz CT molecular complexity index is 1140. The van der Waals surface area contributed by atoms with Crippen molar-refractivity contribution in [2.75, 3.05) is 11.4 Å². The van der Waals surface area contributed by atoms with Crippen molar-refractivity contribution in [3.8, 4) is 5.75 Å². The first-order valence-corrected chi connectivity index (χ1v) is 10.6. The van der Waals surface area contributed by atoms with E-state index in [9.17, 15) is 4.79 Å². The monoisotopic (exact) mass is 410 g/mol. The number of carbonyl (C=O) groups excluding carboxylic acids is 1. The van der Waals surface area contributed by atoms with E-state index in [0.29, 0.717) is 13.2 Å². The second-order valence-electron chi connectivity index (χ2n) is 8.72. The third-order valence-corrected chi connectivity index (χ3v) is 6.52. The van der Waals surface area contributed by atoms with Crippen LogP contribution in [0.2, 0.25) is 0 Å². The number of fused-ring (bicyclic) bond motifs is 3. The van der Waals surface area contributed by atoms with Crippen LogP contribution in [-0.4, -0.2) is 18.1 Å². The van der Waals surface area contributed by atoms with Crippen molar-refractivity contribution in [3.63, 3.8) is 0 Å². The lowest BCUT2D eigenvalue weighted by Gasteiger charge is -2.40. The maximum Gasteiger partial charge on any atom is 0.241 e. The lowest BCUT2D eigenvalue weighted by atomic mass is 9.75. The van der Waals surface area contributed by atoms with Gasteiger partial charge < -0.3 is 15.0 Å². The molecule has 0 spiro atoms. The van der Waals surface area contributed by atoms with Gasteiger partial charge in [-0.25, -0.2) is 0 Å². The lowest BCUT2D eigenvalue weighted by Crippen LogP contribution is -2.58. The summed E-state index contributed by atoms with van der Waals surface area (Å²) in [5.41, 5.74) is 3.76. The Balaban J connectivity index is 1.37. The predicted molar refractivity (Wildman–Crippen MR) is 124 cm³/mol. The van der Waals surface area contributed by atoms with Gasteiger partial charge in [-0.2, -0.15) is 0 Å². The van der Waals surface area contributed by atoms with E-state index in [1.807, 2.05) is 48.5 Å². The number of amides is 1. The summed E-state index contributed by atoms with van der Waals surface area (Å²) < 4.78 is 5.89. The van der Waals surface area contributed by atoms with Gasteiger partial charge in [0.25, 0.3) is 0 Å². The number of nitrogens with one attached hydrogen (secondary N) is 1. The predicted octanol–water partition coefficient (Wildman–Crippen LogP) is 4.90. The lowest BCUT2D eigenvalue weighted by molar-refractivity contribution is -0.118. The summed E-state index contributed by atoms with van der Waals surface area (Å²) >= 11 is 0. The largest absolute Gasteiger partial charge is 0.489 e. The summed E-state index contributed by atoms with van der Waals surface area (Å²) in [6.45, 7) is 5.31. The molecule has 156 valence electrons. The standard InChI is InChI=1S/C27H26N2O2/c1-26(2)23-10-6-7-11-24(23)29-18-25(30)28-27(26,29)17-16-20-12-14-22(15-13-20)31-19-21-8-4-3-5-9-21/h3-17H,18-19H2,1-2H3,(H,28,30)/b17-16+. The quantitative estimate of drug-likeness (QED) is 0.650. The van der Waals surface area contributed by atoms with Gasteiger partial charge in [-0.3, -0.25) is 4.79 Å². The fourth-order valence-electron chi connectivity index (χ4n) is 4.77. The molecule has 0 bridgehead atoms. The molecule has 1 amide bonds. The first-order chi connectivity index (χ1) is 15.0. The number of para-hydroxylation sites is 1. The SMILES string of the molecule is CC1(C)c2ccccc2N2CC(=O)NC21/C=C/c1ccc(OCc2ccccc2)cc1. The Morgan fingerprint density at radius 2 is 1.68 bits per heavy atom. The minimum absolute atomic E-state index is 0.0527. The molecule has 5 rings (SSSR count). The third kappa shape index (κ3) is 3.19. The number of anilines is 1. The van der Waals surface area contributed by atoms with Gasteiger partial charge in [0.2, 0.25) is 5.91 Å². The zero-order chi connectivity index (χ0) is 21.5. The van der Waals surface area contributed by atoms with Crippen LogP contribution in [0.3, 0.4) is 0 Å². The molecular formula is C27H26N2O2. The van der Waals surface area contributed by atoms with Crippen molar-refractivity contribution < 1.29 is 9.53 Å². The Morgan fingerprint density at radius 1 is 0.968 bits per heavy atom. The molecule has 1 N–H and O–H groups in total. The molecule has 2 aliphatic rings. The molecule has 1 saturated heterocycles. The van der Waals surface area contributed by atoms with Crippen molar-refractivity contribution in [3.05, 3.63) is 102 Å². The second kappa shape index (κ2) is 7.31. The van der Waals surface area contributed by atoms with E-state index in [4.69, 9.17) is 4.74 Å². The average molecular weight is 411 g/mol. The third-order valence-electron chi connectivity index (χ3n) is 6.52. The Labute approximate surface area is 183 Å². The first kappa shape index (κ1) is 19.4. The molecule has 1 atom stereocenters. The summed E-state index contributed by atoms with van der Waals surface area (Å²) in [5.74, 6) is 0.889. The van der Waals surface area contributed by atoms with Gasteiger partial charge in [0.15, 0.2) is 0 Å². The molecule has 0 saturated carbocycles. The summed E-state index contributed by atoms with van der Waals surface area (Å²) in [4.78, 5) is 14.6. The second-order valence-corrected chi connectivity index (χ2v) is 8.72. The van der Waals surface area contributed by atoms with Crippen LogP contribution in [0.25, 0.3) is 6.08 Å². The number of benzene rings is 3. The maximum absolute atomic E-state index is 12.4. The van der Waals surface area contributed by atoms with E-state index < -0.39 is 5.66 Å². The smallest absolute Gasteiger partial charge is 0.241 e. The van der Waals surface area contributed by atoms with Crippen molar-refractivity contribution in [1.29, 1.82) is 0 Å². The summed E-state index contributed by atoms with van der Waals surface area (Å²) in [6.07, 6.45) is 4.23. The van der Waals surface area contributed by atoms with Crippen LogP contribution in [0.15, 0.2) is 84.9 Å². The highest BCUT2D eigenvalue weighted by Crippen LogP contribution is 2.52. The Hall–Kier alpha value is -3.53. The van der Waals surface area contributed by atoms with E-state index in [1.165, 1.54) is 5.56 Å². The van der Waals surface area contributed by atoms with Crippen molar-refractivity contribution in [2.24, 2.45) is 0 Å². The molecule has 2 aliphatic heterocycles. The molecule has 0 radical (unpaired) electrons. The Morgan fingerprint density at radius 3 is 2.45 bits per heavy atom. The van der Waals surface area contributed by atoms with Crippen LogP contribution < -0.4 is 15.0 Å². The van der Waals surface area contributed by atoms with Crippen molar-refractivity contribution in [1.82, 2.24) is 5.32 Å². The minimum Gasteiger partial charge on any atom is -0.489 e. The molecule has 0 aromatic heterocycles. The van der Waals surface area contributed by atoms with E-state index >= 15 is 0 Å². The Kier molecular flexibility index (Phi) is 4.58. The molecule has 1 unspecified atom stereocenters. The number of nitrogens with zero attached hydrogens (tertiary/aromatic N) is 1. The number of carbonyl (C=O) groups is 1. The molecule has 4 heteroatoms. The molecular weight excluding hydrogens is 384 g/mol. The topological polar surface area (TPSA) is 41.6 Å². The molecule has 3 aromatic rings. The van der Waals surface area contributed by atoms with Crippen LogP contribution in [0.1, 0.15) is 30.5 Å². The van der Waals surface area contributed by atoms with Gasteiger partial charge in [-0.1, -0.05) is 80.6 Å². The van der Waals surface area contributed by atoms with Gasteiger partial charge in [0.1, 0.15) is 18.0 Å². The van der Waals surface area contributed by atoms with Crippen LogP contribution in [0.4, 0.5) is 5.69 Å². The minimum atomic E-state index is -0.573. The zero-order valence-corrected chi connectivity index (χ0v) is 17.8. The van der Waals surface area contributed by atoms with Crippen molar-refractivity contribution in [2.45, 2.75) is 31.5 Å². The summed E-state index contributed by atoms with van der Waals surface area (Å²) in [6, 6.07) is 26.6. The fraction of sp³-hybridized carbons (Fsp3) is 0.222. The number of hydrogen-bond acceptors (Lipinski definition) is 3. The van der Waals surface area contributed by atoms with Crippen LogP contribution in [0.5, 0.6) is 5.75 Å². The molecule has 4 nitrogen and oxygen atoms in total. The molecule has 1 fully saturated rings. The van der Waals surface area contributed by atoms with E-state index in [0.717, 1.165) is 22.6 Å². The van der Waals surface area contributed by atoms with E-state index in [1.54, 1.807) is 0 Å². The van der Waals surface area contributed by atoms with Crippen LogP contribution in [0, 0.1) is 0 Å². The number of rotatable bonds is 5. The summed E-state index contributed by atoms with van der Waals surface area (Å²) in [7, 11) is 0. The van der Waals surface area contributed by atoms with Gasteiger partial charge in [-0.15, -0.1) is 0 Å². The molecule has 2 heterocycles. The van der Waals surface area contributed by atoms with Crippen molar-refractivity contribution >= 4 is 17.7 Å². The maximum atomic E-state index is 12.4. The van der Waals surface area contributed by atoms with Crippen LogP contribution >= 0.6 is 0 Å². The van der Waals surface area contributed by atoms with Gasteiger partial charge in [-0.05, 0) is 41.0 Å². The molecule has 0 aliphatic carbocycles. The van der Waals surface area contributed by atoms with Gasteiger partial charge in [0, 0.05) is 11.1 Å². The molecule has 3 aromatic carbocycles. The zero-order valence-electron chi connectivity index (χ0n) is 17.8. The molecule has 31 heavy (non-hydrogen) atoms. The average Bonchev–Trinajstić information content (AvgIpc) is 3.22. The number of hydrogen-bond donors (Lipinski definition) is 1. The highest BCUT2D eigenvalue weighted by atomic mass is 16.5. The highest BCUT2D eigenvalue weighted by molar-refractivity contribution is 5.91. The summed E-state index contributed by atoms with van der Waals surface area (Å²) in [5, 5.41) is 3.26. The van der Waals surface area contributed by atoms with E-state index in [2.05, 4.69) is 66.5 Å². The van der Waals surface area contributed by atoms with Crippen LogP contribution in [-0.2, 0) is 16.8 Å². The fourth-order valence-corrected chi connectivity index (χ4v) is 4.77. The number of ether oxygens (including phenoxy) is 1. The first-order valence-electron chi connectivity index (χ1n) is 10.6. The van der Waals surface area contributed by atoms with Gasteiger partial charge >= 0.3 is 0 Å².